The molecule has 4 rings (SSSR count). The summed E-state index contributed by atoms with van der Waals surface area (Å²) in [5.74, 6) is 0.867. The smallest absolute Gasteiger partial charge is 0.204 e. The molecule has 0 N–H and O–H groups in total. The molecular formula is C21H22N4OS. The second-order valence-corrected chi connectivity index (χ2v) is 7.19. The minimum atomic E-state index is 0.625. The molecule has 138 valence electrons. The van der Waals surface area contributed by atoms with Gasteiger partial charge < -0.3 is 4.74 Å². The number of para-hydroxylation sites is 1. The van der Waals surface area contributed by atoms with Crippen molar-refractivity contribution in [3.05, 3.63) is 70.5 Å². The maximum Gasteiger partial charge on any atom is 0.204 e. The van der Waals surface area contributed by atoms with Crippen LogP contribution in [-0.4, -0.2) is 33.2 Å². The quantitative estimate of drug-likeness (QED) is 0.481. The summed E-state index contributed by atoms with van der Waals surface area (Å²) in [5, 5.41) is 5.95. The maximum atomic E-state index is 5.73. The van der Waals surface area contributed by atoms with Crippen LogP contribution in [-0.2, 0) is 13.2 Å². The first-order valence-corrected chi connectivity index (χ1v) is 9.27. The highest BCUT2D eigenvalue weighted by atomic mass is 32.1. The Morgan fingerprint density at radius 1 is 1.11 bits per heavy atom. The van der Waals surface area contributed by atoms with Crippen molar-refractivity contribution in [2.75, 3.05) is 14.2 Å². The fraction of sp³-hybridized carbons (Fsp3) is 0.238. The van der Waals surface area contributed by atoms with Gasteiger partial charge in [0.1, 0.15) is 5.75 Å². The molecule has 0 spiro atoms. The van der Waals surface area contributed by atoms with Gasteiger partial charge in [-0.15, -0.1) is 0 Å². The molecule has 2 aromatic carbocycles. The van der Waals surface area contributed by atoms with E-state index < -0.39 is 0 Å². The van der Waals surface area contributed by atoms with E-state index in [-0.39, 0.29) is 0 Å². The van der Waals surface area contributed by atoms with E-state index in [1.54, 1.807) is 7.11 Å². The average molecular weight is 379 g/mol. The van der Waals surface area contributed by atoms with Crippen LogP contribution in [0.1, 0.15) is 11.1 Å². The van der Waals surface area contributed by atoms with Crippen LogP contribution in [0.2, 0.25) is 0 Å². The lowest BCUT2D eigenvalue weighted by Gasteiger charge is -2.16. The molecule has 0 saturated heterocycles. The van der Waals surface area contributed by atoms with E-state index >= 15 is 0 Å². The molecule has 5 nitrogen and oxygen atoms in total. The van der Waals surface area contributed by atoms with Crippen molar-refractivity contribution >= 4 is 28.8 Å². The molecule has 4 aromatic rings. The Balaban J connectivity index is 1.64. The molecule has 0 aliphatic carbocycles. The molecule has 0 aliphatic heterocycles. The number of hydrogen-bond donors (Lipinski definition) is 0. The summed E-state index contributed by atoms with van der Waals surface area (Å²) in [7, 11) is 3.75. The predicted octanol–water partition coefficient (Wildman–Crippen LogP) is 4.43. The van der Waals surface area contributed by atoms with Crippen molar-refractivity contribution in [1.29, 1.82) is 0 Å². The van der Waals surface area contributed by atoms with Crippen LogP contribution < -0.4 is 4.74 Å². The van der Waals surface area contributed by atoms with Crippen LogP contribution >= 0.6 is 12.2 Å². The molecular weight excluding hydrogens is 356 g/mol. The molecule has 2 aromatic heterocycles. The van der Waals surface area contributed by atoms with Crippen LogP contribution in [0.25, 0.3) is 16.6 Å². The van der Waals surface area contributed by atoms with E-state index in [1.165, 1.54) is 16.5 Å². The number of benzene rings is 2. The van der Waals surface area contributed by atoms with E-state index in [0.29, 0.717) is 11.4 Å². The molecule has 0 unspecified atom stereocenters. The molecule has 0 fully saturated rings. The minimum Gasteiger partial charge on any atom is -0.497 e. The normalized spacial score (nSPS) is 11.6. The van der Waals surface area contributed by atoms with Crippen molar-refractivity contribution in [3.63, 3.8) is 0 Å². The number of aromatic nitrogens is 3. The maximum absolute atomic E-state index is 5.73. The van der Waals surface area contributed by atoms with Crippen molar-refractivity contribution in [2.24, 2.45) is 0 Å². The summed E-state index contributed by atoms with van der Waals surface area (Å²) >= 11 is 5.73. The van der Waals surface area contributed by atoms with Gasteiger partial charge in [-0.3, -0.25) is 9.30 Å². The van der Waals surface area contributed by atoms with Gasteiger partial charge >= 0.3 is 0 Å². The Morgan fingerprint density at radius 2 is 1.85 bits per heavy atom. The SMILES string of the molecule is COc1ccc(CN(C)Cn2nc3cc(C)c4ccccc4n3c2=S)cc1. The second kappa shape index (κ2) is 7.13. The van der Waals surface area contributed by atoms with Crippen molar-refractivity contribution < 1.29 is 4.74 Å². The van der Waals surface area contributed by atoms with Crippen LogP contribution in [0.15, 0.2) is 54.6 Å². The van der Waals surface area contributed by atoms with Gasteiger partial charge in [-0.2, -0.15) is 5.10 Å². The molecule has 0 bridgehead atoms. The largest absolute Gasteiger partial charge is 0.497 e. The summed E-state index contributed by atoms with van der Waals surface area (Å²) in [6, 6.07) is 18.5. The van der Waals surface area contributed by atoms with Crippen molar-refractivity contribution in [3.8, 4) is 5.75 Å². The summed E-state index contributed by atoms with van der Waals surface area (Å²) in [6.07, 6.45) is 0. The first kappa shape index (κ1) is 17.7. The molecule has 27 heavy (non-hydrogen) atoms. The number of hydrogen-bond acceptors (Lipinski definition) is 4. The lowest BCUT2D eigenvalue weighted by molar-refractivity contribution is 0.244. The number of ether oxygens (including phenoxy) is 1. The van der Waals surface area contributed by atoms with E-state index in [9.17, 15) is 0 Å². The number of rotatable bonds is 5. The van der Waals surface area contributed by atoms with Crippen molar-refractivity contribution in [2.45, 2.75) is 20.1 Å². The fourth-order valence-corrected chi connectivity index (χ4v) is 3.72. The summed E-state index contributed by atoms with van der Waals surface area (Å²) < 4.78 is 9.87. The number of methoxy groups -OCH3 is 1. The van der Waals surface area contributed by atoms with Gasteiger partial charge in [-0.1, -0.05) is 30.3 Å². The highest BCUT2D eigenvalue weighted by molar-refractivity contribution is 7.71. The highest BCUT2D eigenvalue weighted by Crippen LogP contribution is 2.21. The van der Waals surface area contributed by atoms with Crippen LogP contribution in [0.5, 0.6) is 5.75 Å². The molecule has 2 heterocycles. The third-order valence-electron chi connectivity index (χ3n) is 4.77. The zero-order valence-corrected chi connectivity index (χ0v) is 16.5. The molecule has 6 heteroatoms. The molecule has 0 atom stereocenters. The lowest BCUT2D eigenvalue weighted by atomic mass is 10.1. The summed E-state index contributed by atoms with van der Waals surface area (Å²) in [6.45, 7) is 3.54. The van der Waals surface area contributed by atoms with Crippen LogP contribution in [0, 0.1) is 11.7 Å². The van der Waals surface area contributed by atoms with Gasteiger partial charge in [-0.05, 0) is 61.6 Å². The van der Waals surface area contributed by atoms with Crippen molar-refractivity contribution in [1.82, 2.24) is 19.1 Å². The van der Waals surface area contributed by atoms with Gasteiger partial charge in [0.2, 0.25) is 4.77 Å². The van der Waals surface area contributed by atoms with Gasteiger partial charge in [-0.25, -0.2) is 4.68 Å². The molecule has 0 radical (unpaired) electrons. The predicted molar refractivity (Wildman–Crippen MR) is 111 cm³/mol. The number of nitrogens with zero attached hydrogens (tertiary/aromatic N) is 4. The van der Waals surface area contributed by atoms with Gasteiger partial charge in [0, 0.05) is 11.9 Å². The monoisotopic (exact) mass is 378 g/mol. The minimum absolute atomic E-state index is 0.625. The highest BCUT2D eigenvalue weighted by Gasteiger charge is 2.11. The van der Waals surface area contributed by atoms with Crippen LogP contribution in [0.3, 0.4) is 0 Å². The molecule has 0 amide bonds. The second-order valence-electron chi connectivity index (χ2n) is 6.82. The van der Waals surface area contributed by atoms with E-state index in [1.807, 2.05) is 22.9 Å². The number of aryl methyl sites for hydroxylation is 1. The van der Waals surface area contributed by atoms with E-state index in [2.05, 4.69) is 59.7 Å². The Labute approximate surface area is 163 Å². The Bertz CT molecular complexity index is 1160. The van der Waals surface area contributed by atoms with Gasteiger partial charge in [0.15, 0.2) is 5.65 Å². The van der Waals surface area contributed by atoms with Gasteiger partial charge in [0.25, 0.3) is 0 Å². The van der Waals surface area contributed by atoms with E-state index in [0.717, 1.165) is 23.5 Å². The molecule has 0 aliphatic rings. The Kier molecular flexibility index (Phi) is 4.68. The first-order chi connectivity index (χ1) is 13.1. The number of pyridine rings is 1. The van der Waals surface area contributed by atoms with Crippen LogP contribution in [0.4, 0.5) is 0 Å². The topological polar surface area (TPSA) is 34.7 Å². The molecule has 0 saturated carbocycles. The third-order valence-corrected chi connectivity index (χ3v) is 5.16. The zero-order valence-electron chi connectivity index (χ0n) is 15.7. The summed E-state index contributed by atoms with van der Waals surface area (Å²) in [4.78, 5) is 2.19. The van der Waals surface area contributed by atoms with E-state index in [4.69, 9.17) is 22.1 Å². The third kappa shape index (κ3) is 3.34. The van der Waals surface area contributed by atoms with Gasteiger partial charge in [0.05, 0.1) is 19.3 Å². The zero-order chi connectivity index (χ0) is 19.0. The Morgan fingerprint density at radius 3 is 2.59 bits per heavy atom. The fourth-order valence-electron chi connectivity index (χ4n) is 3.43. The average Bonchev–Trinajstić information content (AvgIpc) is 2.98. The lowest BCUT2D eigenvalue weighted by Crippen LogP contribution is -2.22. The number of fused-ring (bicyclic) bond motifs is 3. The standard InChI is InChI=1S/C21H22N4OS/c1-15-12-20-22-24(21(27)25(20)19-7-5-4-6-18(15)19)14-23(2)13-16-8-10-17(26-3)11-9-16/h4-12H,13-14H2,1-3H3. The first-order valence-electron chi connectivity index (χ1n) is 8.86. The Hall–Kier alpha value is -2.70. The summed E-state index contributed by atoms with van der Waals surface area (Å²) in [5.41, 5.74) is 4.40.